The van der Waals surface area contributed by atoms with Crippen LogP contribution in [0.3, 0.4) is 0 Å². The van der Waals surface area contributed by atoms with Crippen molar-refractivity contribution in [1.29, 1.82) is 0 Å². The fourth-order valence-corrected chi connectivity index (χ4v) is 3.22. The molecule has 0 fully saturated rings. The standard InChI is InChI=1S/C17H36O2/c1-6-8-9-15(7-2)16(19)13-17(4,5)12-14(3)10-11-18/h14-16,18-19H,6-13H2,1-5H3. The van der Waals surface area contributed by atoms with Crippen molar-refractivity contribution >= 4 is 0 Å². The zero-order valence-electron chi connectivity index (χ0n) is 13.8. The maximum absolute atomic E-state index is 10.5. The molecule has 0 aromatic carbocycles. The quantitative estimate of drug-likeness (QED) is 0.585. The topological polar surface area (TPSA) is 40.5 Å². The molecule has 0 aromatic rings. The van der Waals surface area contributed by atoms with Crippen molar-refractivity contribution in [2.75, 3.05) is 6.61 Å². The maximum atomic E-state index is 10.5. The Hall–Kier alpha value is -0.0800. The van der Waals surface area contributed by atoms with Crippen LogP contribution in [0.5, 0.6) is 0 Å². The highest BCUT2D eigenvalue weighted by Crippen LogP contribution is 2.34. The van der Waals surface area contributed by atoms with Crippen LogP contribution in [0.15, 0.2) is 0 Å². The second-order valence-corrected chi connectivity index (χ2v) is 7.07. The summed E-state index contributed by atoms with van der Waals surface area (Å²) < 4.78 is 0. The lowest BCUT2D eigenvalue weighted by Gasteiger charge is -2.33. The Morgan fingerprint density at radius 3 is 2.16 bits per heavy atom. The molecule has 0 saturated carbocycles. The van der Waals surface area contributed by atoms with E-state index in [0.717, 1.165) is 32.1 Å². The van der Waals surface area contributed by atoms with Crippen LogP contribution in [0.25, 0.3) is 0 Å². The lowest BCUT2D eigenvalue weighted by molar-refractivity contribution is 0.0457. The summed E-state index contributed by atoms with van der Waals surface area (Å²) in [5.74, 6) is 0.982. The summed E-state index contributed by atoms with van der Waals surface area (Å²) in [6, 6.07) is 0. The van der Waals surface area contributed by atoms with Gasteiger partial charge in [0.2, 0.25) is 0 Å². The van der Waals surface area contributed by atoms with E-state index in [0.29, 0.717) is 11.8 Å². The minimum Gasteiger partial charge on any atom is -0.396 e. The minimum absolute atomic E-state index is 0.160. The summed E-state index contributed by atoms with van der Waals surface area (Å²) in [5.41, 5.74) is 0.160. The van der Waals surface area contributed by atoms with Crippen molar-refractivity contribution in [3.63, 3.8) is 0 Å². The molecule has 2 heteroatoms. The van der Waals surface area contributed by atoms with Crippen LogP contribution in [0.4, 0.5) is 0 Å². The highest BCUT2D eigenvalue weighted by atomic mass is 16.3. The summed E-state index contributed by atoms with van der Waals surface area (Å²) >= 11 is 0. The first-order valence-electron chi connectivity index (χ1n) is 8.15. The molecule has 0 aliphatic rings. The molecular formula is C17H36O2. The zero-order chi connectivity index (χ0) is 14.9. The molecule has 0 aliphatic carbocycles. The fraction of sp³-hybridized carbons (Fsp3) is 1.00. The minimum atomic E-state index is -0.173. The Labute approximate surface area is 120 Å². The van der Waals surface area contributed by atoms with Crippen molar-refractivity contribution in [3.05, 3.63) is 0 Å². The lowest BCUT2D eigenvalue weighted by Crippen LogP contribution is -2.28. The van der Waals surface area contributed by atoms with Crippen LogP contribution < -0.4 is 0 Å². The summed E-state index contributed by atoms with van der Waals surface area (Å²) in [5, 5.41) is 19.5. The Morgan fingerprint density at radius 1 is 1.05 bits per heavy atom. The van der Waals surface area contributed by atoms with Gasteiger partial charge in [0.15, 0.2) is 0 Å². The van der Waals surface area contributed by atoms with Crippen LogP contribution in [0.2, 0.25) is 0 Å². The SMILES string of the molecule is CCCCC(CC)C(O)CC(C)(C)CC(C)CCO. The molecule has 0 saturated heterocycles. The van der Waals surface area contributed by atoms with Crippen LogP contribution in [-0.4, -0.2) is 22.9 Å². The normalized spacial score (nSPS) is 17.2. The number of rotatable bonds is 11. The molecule has 116 valence electrons. The highest BCUT2D eigenvalue weighted by molar-refractivity contribution is 4.79. The van der Waals surface area contributed by atoms with Gasteiger partial charge in [0.1, 0.15) is 0 Å². The van der Waals surface area contributed by atoms with Crippen molar-refractivity contribution in [2.24, 2.45) is 17.3 Å². The van der Waals surface area contributed by atoms with Gasteiger partial charge in [0, 0.05) is 6.61 Å². The average molecular weight is 272 g/mol. The molecule has 19 heavy (non-hydrogen) atoms. The molecule has 0 rings (SSSR count). The predicted molar refractivity (Wildman–Crippen MR) is 83.2 cm³/mol. The van der Waals surface area contributed by atoms with E-state index in [4.69, 9.17) is 5.11 Å². The van der Waals surface area contributed by atoms with Gasteiger partial charge in [0.25, 0.3) is 0 Å². The van der Waals surface area contributed by atoms with E-state index in [9.17, 15) is 5.11 Å². The molecule has 0 aromatic heterocycles. The van der Waals surface area contributed by atoms with Gasteiger partial charge >= 0.3 is 0 Å². The molecule has 0 bridgehead atoms. The Bertz CT molecular complexity index is 213. The predicted octanol–water partition coefficient (Wildman–Crippen LogP) is 4.39. The summed E-state index contributed by atoms with van der Waals surface area (Å²) in [6.45, 7) is 11.4. The lowest BCUT2D eigenvalue weighted by atomic mass is 9.75. The van der Waals surface area contributed by atoms with Crippen molar-refractivity contribution in [3.8, 4) is 0 Å². The van der Waals surface area contributed by atoms with Gasteiger partial charge in [-0.15, -0.1) is 0 Å². The summed E-state index contributed by atoms with van der Waals surface area (Å²) in [7, 11) is 0. The molecule has 0 radical (unpaired) electrons. The van der Waals surface area contributed by atoms with Crippen LogP contribution >= 0.6 is 0 Å². The third-order valence-corrected chi connectivity index (χ3v) is 4.28. The molecule has 3 atom stereocenters. The first-order chi connectivity index (χ1) is 8.86. The molecule has 0 heterocycles. The molecule has 3 unspecified atom stereocenters. The van der Waals surface area contributed by atoms with E-state index >= 15 is 0 Å². The largest absolute Gasteiger partial charge is 0.396 e. The summed E-state index contributed by atoms with van der Waals surface area (Å²) in [6.07, 6.45) is 7.30. The van der Waals surface area contributed by atoms with Crippen LogP contribution in [0.1, 0.15) is 79.6 Å². The molecular weight excluding hydrogens is 236 g/mol. The average Bonchev–Trinajstić information content (AvgIpc) is 2.28. The first-order valence-corrected chi connectivity index (χ1v) is 8.15. The Morgan fingerprint density at radius 2 is 1.68 bits per heavy atom. The van der Waals surface area contributed by atoms with Crippen molar-refractivity contribution in [2.45, 2.75) is 85.7 Å². The van der Waals surface area contributed by atoms with E-state index in [-0.39, 0.29) is 18.1 Å². The van der Waals surface area contributed by atoms with E-state index in [1.807, 2.05) is 0 Å². The maximum Gasteiger partial charge on any atom is 0.0573 e. The van der Waals surface area contributed by atoms with E-state index < -0.39 is 0 Å². The van der Waals surface area contributed by atoms with E-state index in [1.165, 1.54) is 12.8 Å². The Balaban J connectivity index is 4.28. The second kappa shape index (κ2) is 9.77. The molecule has 2 N–H and O–H groups in total. The monoisotopic (exact) mass is 272 g/mol. The van der Waals surface area contributed by atoms with Crippen LogP contribution in [-0.2, 0) is 0 Å². The number of aliphatic hydroxyl groups excluding tert-OH is 2. The van der Waals surface area contributed by atoms with Gasteiger partial charge in [-0.25, -0.2) is 0 Å². The smallest absolute Gasteiger partial charge is 0.0573 e. The third kappa shape index (κ3) is 8.65. The van der Waals surface area contributed by atoms with Gasteiger partial charge in [-0.1, -0.05) is 53.9 Å². The van der Waals surface area contributed by atoms with Gasteiger partial charge in [-0.2, -0.15) is 0 Å². The van der Waals surface area contributed by atoms with Gasteiger partial charge < -0.3 is 10.2 Å². The number of aliphatic hydroxyl groups is 2. The van der Waals surface area contributed by atoms with Gasteiger partial charge in [0.05, 0.1) is 6.10 Å². The first kappa shape index (κ1) is 18.9. The molecule has 2 nitrogen and oxygen atoms in total. The number of hydrogen-bond acceptors (Lipinski definition) is 2. The molecule has 0 aliphatic heterocycles. The van der Waals surface area contributed by atoms with E-state index in [1.54, 1.807) is 0 Å². The van der Waals surface area contributed by atoms with Gasteiger partial charge in [-0.3, -0.25) is 0 Å². The van der Waals surface area contributed by atoms with Gasteiger partial charge in [-0.05, 0) is 42.9 Å². The summed E-state index contributed by atoms with van der Waals surface area (Å²) in [4.78, 5) is 0. The van der Waals surface area contributed by atoms with E-state index in [2.05, 4.69) is 34.6 Å². The highest BCUT2D eigenvalue weighted by Gasteiger charge is 2.27. The van der Waals surface area contributed by atoms with Crippen molar-refractivity contribution in [1.82, 2.24) is 0 Å². The molecule has 0 amide bonds. The van der Waals surface area contributed by atoms with Crippen molar-refractivity contribution < 1.29 is 10.2 Å². The van der Waals surface area contributed by atoms with Crippen LogP contribution in [0, 0.1) is 17.3 Å². The number of unbranched alkanes of at least 4 members (excludes halogenated alkanes) is 1. The number of hydrogen-bond donors (Lipinski definition) is 2. The third-order valence-electron chi connectivity index (χ3n) is 4.28. The molecule has 0 spiro atoms. The second-order valence-electron chi connectivity index (χ2n) is 7.07. The Kier molecular flexibility index (Phi) is 9.72. The fourth-order valence-electron chi connectivity index (χ4n) is 3.22. The zero-order valence-corrected chi connectivity index (χ0v) is 13.8.